The highest BCUT2D eigenvalue weighted by molar-refractivity contribution is 5.95. The van der Waals surface area contributed by atoms with E-state index in [-0.39, 0.29) is 5.78 Å². The molecule has 0 bridgehead atoms. The normalized spacial score (nSPS) is 9.92. The summed E-state index contributed by atoms with van der Waals surface area (Å²) in [5.74, 6) is 1.42. The van der Waals surface area contributed by atoms with E-state index in [4.69, 9.17) is 14.2 Å². The van der Waals surface area contributed by atoms with Crippen LogP contribution in [0.4, 0.5) is 0 Å². The molecule has 0 radical (unpaired) electrons. The first kappa shape index (κ1) is 31.4. The number of aryl methyl sites for hydroxylation is 3. The fourth-order valence-corrected chi connectivity index (χ4v) is 3.39. The molecule has 6 nitrogen and oxygen atoms in total. The molecule has 0 unspecified atom stereocenters. The lowest BCUT2D eigenvalue weighted by molar-refractivity contribution is 0.101. The topological polar surface area (TPSA) is 60.9 Å². The average molecular weight is 507 g/mol. The summed E-state index contributed by atoms with van der Waals surface area (Å²) in [6.07, 6.45) is 3.68. The SMILES string of the molecule is C=C(C)c1cc(C)cc(CN(C)C)c1.COc1cc(C(C)=O)cc(OC)c1OC.Cc1ccncc1C. The Hall–Kier alpha value is -3.64. The number of allylic oxidation sites excluding steroid dienone is 1. The van der Waals surface area contributed by atoms with Gasteiger partial charge in [0.15, 0.2) is 17.3 Å². The van der Waals surface area contributed by atoms with Crippen LogP contribution in [0.2, 0.25) is 0 Å². The monoisotopic (exact) mass is 506 g/mol. The minimum absolute atomic E-state index is 0.0470. The number of carbonyl (C=O) groups is 1. The van der Waals surface area contributed by atoms with E-state index in [9.17, 15) is 4.79 Å². The van der Waals surface area contributed by atoms with Gasteiger partial charge in [0.05, 0.1) is 21.3 Å². The van der Waals surface area contributed by atoms with Gasteiger partial charge >= 0.3 is 0 Å². The minimum Gasteiger partial charge on any atom is -0.493 e. The molecule has 37 heavy (non-hydrogen) atoms. The molecule has 200 valence electrons. The Bertz CT molecular complexity index is 1140. The van der Waals surface area contributed by atoms with E-state index in [1.807, 2.05) is 25.4 Å². The van der Waals surface area contributed by atoms with E-state index in [0.717, 1.165) is 12.1 Å². The molecule has 0 saturated heterocycles. The predicted molar refractivity (Wildman–Crippen MR) is 153 cm³/mol. The maximum absolute atomic E-state index is 11.2. The number of ketones is 1. The summed E-state index contributed by atoms with van der Waals surface area (Å²) in [6.45, 7) is 14.8. The molecular formula is C31H42N2O4. The summed E-state index contributed by atoms with van der Waals surface area (Å²) in [4.78, 5) is 17.4. The van der Waals surface area contributed by atoms with Crippen LogP contribution in [0.15, 0.2) is 55.4 Å². The van der Waals surface area contributed by atoms with E-state index < -0.39 is 0 Å². The molecule has 0 aliphatic rings. The summed E-state index contributed by atoms with van der Waals surface area (Å²) in [7, 11) is 8.72. The van der Waals surface area contributed by atoms with Crippen molar-refractivity contribution in [2.75, 3.05) is 35.4 Å². The first-order valence-electron chi connectivity index (χ1n) is 12.0. The third-order valence-electron chi connectivity index (χ3n) is 5.50. The van der Waals surface area contributed by atoms with Crippen molar-refractivity contribution in [2.45, 2.75) is 41.2 Å². The van der Waals surface area contributed by atoms with Crippen molar-refractivity contribution in [3.05, 3.63) is 88.8 Å². The first-order valence-corrected chi connectivity index (χ1v) is 12.0. The molecule has 1 heterocycles. The molecule has 0 fully saturated rings. The maximum atomic E-state index is 11.2. The molecule has 3 rings (SSSR count). The second kappa shape index (κ2) is 15.5. The van der Waals surface area contributed by atoms with Gasteiger partial charge in [0.25, 0.3) is 0 Å². The van der Waals surface area contributed by atoms with Crippen LogP contribution in [0.5, 0.6) is 17.2 Å². The van der Waals surface area contributed by atoms with Crippen molar-refractivity contribution in [1.29, 1.82) is 0 Å². The number of nitrogens with zero attached hydrogens (tertiary/aromatic N) is 2. The Labute approximate surface area is 222 Å². The number of pyridine rings is 1. The molecule has 1 aromatic heterocycles. The number of rotatable bonds is 7. The molecule has 6 heteroatoms. The smallest absolute Gasteiger partial charge is 0.203 e. The molecule has 2 aromatic carbocycles. The van der Waals surface area contributed by atoms with Gasteiger partial charge in [0.1, 0.15) is 0 Å². The van der Waals surface area contributed by atoms with Crippen molar-refractivity contribution in [3.8, 4) is 17.2 Å². The number of ether oxygens (including phenoxy) is 3. The molecule has 0 saturated carbocycles. The molecule has 0 spiro atoms. The number of hydrogen-bond donors (Lipinski definition) is 0. The number of carbonyl (C=O) groups excluding carboxylic acids is 1. The lowest BCUT2D eigenvalue weighted by Gasteiger charge is -2.12. The number of methoxy groups -OCH3 is 3. The van der Waals surface area contributed by atoms with Gasteiger partial charge in [-0.15, -0.1) is 0 Å². The number of Topliss-reactive ketones (excluding diaryl/α,β-unsaturated/α-hetero) is 1. The van der Waals surface area contributed by atoms with Crippen LogP contribution in [0.25, 0.3) is 5.57 Å². The summed E-state index contributed by atoms with van der Waals surface area (Å²) in [5.41, 5.74) is 8.14. The van der Waals surface area contributed by atoms with Crippen molar-refractivity contribution in [2.24, 2.45) is 0 Å². The van der Waals surface area contributed by atoms with Gasteiger partial charge in [-0.3, -0.25) is 9.78 Å². The third-order valence-corrected chi connectivity index (χ3v) is 5.50. The molecule has 0 aliphatic carbocycles. The minimum atomic E-state index is -0.0470. The van der Waals surface area contributed by atoms with E-state index >= 15 is 0 Å². The zero-order chi connectivity index (χ0) is 28.1. The molecule has 3 aromatic rings. The standard InChI is InChI=1S/C13H19N.C11H14O4.C7H9N/c1-10(2)13-7-11(3)6-12(8-13)9-14(4)5;1-7(12)8-5-9(13-2)11(15-4)10(6-8)14-3;1-6-3-4-8-5-7(6)2/h6-8H,1,9H2,2-5H3;5-6H,1-4H3;3-5H,1-2H3. The van der Waals surface area contributed by atoms with Crippen LogP contribution in [0.1, 0.15) is 52.0 Å². The van der Waals surface area contributed by atoms with Crippen molar-refractivity contribution in [3.63, 3.8) is 0 Å². The van der Waals surface area contributed by atoms with E-state index in [1.165, 1.54) is 56.1 Å². The quantitative estimate of drug-likeness (QED) is 0.332. The Balaban J connectivity index is 0.000000290. The fraction of sp³-hybridized carbons (Fsp3) is 0.355. The van der Waals surface area contributed by atoms with Crippen molar-refractivity contribution < 1.29 is 19.0 Å². The Kier molecular flexibility index (Phi) is 13.1. The van der Waals surface area contributed by atoms with Crippen LogP contribution in [-0.4, -0.2) is 51.1 Å². The Morgan fingerprint density at radius 1 is 0.865 bits per heavy atom. The van der Waals surface area contributed by atoms with Gasteiger partial charge in [0, 0.05) is 24.5 Å². The van der Waals surface area contributed by atoms with Crippen LogP contribution >= 0.6 is 0 Å². The highest BCUT2D eigenvalue weighted by Gasteiger charge is 2.14. The number of aromatic nitrogens is 1. The number of hydrogen-bond acceptors (Lipinski definition) is 6. The van der Waals surface area contributed by atoms with E-state index in [2.05, 4.69) is 69.5 Å². The van der Waals surface area contributed by atoms with E-state index in [0.29, 0.717) is 22.8 Å². The molecule has 0 amide bonds. The Morgan fingerprint density at radius 3 is 1.84 bits per heavy atom. The van der Waals surface area contributed by atoms with E-state index in [1.54, 1.807) is 12.1 Å². The largest absolute Gasteiger partial charge is 0.493 e. The second-order valence-electron chi connectivity index (χ2n) is 9.16. The zero-order valence-corrected chi connectivity index (χ0v) is 24.1. The van der Waals surface area contributed by atoms with Gasteiger partial charge in [0.2, 0.25) is 5.75 Å². The van der Waals surface area contributed by atoms with Crippen LogP contribution < -0.4 is 14.2 Å². The third kappa shape index (κ3) is 10.5. The lowest BCUT2D eigenvalue weighted by Crippen LogP contribution is -2.10. The van der Waals surface area contributed by atoms with Crippen LogP contribution in [0.3, 0.4) is 0 Å². The molecular weight excluding hydrogens is 464 g/mol. The molecule has 0 atom stereocenters. The van der Waals surface area contributed by atoms with Gasteiger partial charge in [-0.05, 0) is 89.2 Å². The summed E-state index contributed by atoms with van der Waals surface area (Å²) in [5, 5.41) is 0. The first-order chi connectivity index (χ1) is 17.4. The van der Waals surface area contributed by atoms with Gasteiger partial charge < -0.3 is 19.1 Å². The molecule has 0 N–H and O–H groups in total. The number of benzene rings is 2. The predicted octanol–water partition coefficient (Wildman–Crippen LogP) is 6.70. The zero-order valence-electron chi connectivity index (χ0n) is 24.1. The molecule has 0 aliphatic heterocycles. The summed E-state index contributed by atoms with van der Waals surface area (Å²) < 4.78 is 15.4. The van der Waals surface area contributed by atoms with Gasteiger partial charge in [-0.2, -0.15) is 0 Å². The average Bonchev–Trinajstić information content (AvgIpc) is 2.84. The fourth-order valence-electron chi connectivity index (χ4n) is 3.39. The second-order valence-corrected chi connectivity index (χ2v) is 9.16. The van der Waals surface area contributed by atoms with Crippen molar-refractivity contribution in [1.82, 2.24) is 9.88 Å². The summed E-state index contributed by atoms with van der Waals surface area (Å²) in [6, 6.07) is 11.9. The highest BCUT2D eigenvalue weighted by Crippen LogP contribution is 2.38. The van der Waals surface area contributed by atoms with Gasteiger partial charge in [-0.1, -0.05) is 35.9 Å². The maximum Gasteiger partial charge on any atom is 0.203 e. The Morgan fingerprint density at radius 2 is 1.46 bits per heavy atom. The van der Waals surface area contributed by atoms with Crippen molar-refractivity contribution >= 4 is 11.4 Å². The van der Waals surface area contributed by atoms with Gasteiger partial charge in [-0.25, -0.2) is 0 Å². The van der Waals surface area contributed by atoms with Crippen LogP contribution in [-0.2, 0) is 6.54 Å². The van der Waals surface area contributed by atoms with Crippen LogP contribution in [0, 0.1) is 20.8 Å². The highest BCUT2D eigenvalue weighted by atomic mass is 16.5. The lowest BCUT2D eigenvalue weighted by atomic mass is 10.0. The summed E-state index contributed by atoms with van der Waals surface area (Å²) >= 11 is 0.